The third-order valence-electron chi connectivity index (χ3n) is 3.05. The van der Waals surface area contributed by atoms with E-state index >= 15 is 0 Å². The van der Waals surface area contributed by atoms with Crippen molar-refractivity contribution in [3.63, 3.8) is 0 Å². The summed E-state index contributed by atoms with van der Waals surface area (Å²) in [6.45, 7) is 2.35. The van der Waals surface area contributed by atoms with E-state index in [4.69, 9.17) is 0 Å². The van der Waals surface area contributed by atoms with E-state index in [0.29, 0.717) is 18.5 Å². The highest BCUT2D eigenvalue weighted by atomic mass is 32.1. The molecule has 0 saturated heterocycles. The van der Waals surface area contributed by atoms with Gasteiger partial charge in [-0.2, -0.15) is 0 Å². The van der Waals surface area contributed by atoms with Crippen molar-refractivity contribution in [2.75, 3.05) is 6.54 Å². The van der Waals surface area contributed by atoms with Crippen LogP contribution in [0.25, 0.3) is 0 Å². The Kier molecular flexibility index (Phi) is 4.79. The molecule has 2 aromatic rings. The van der Waals surface area contributed by atoms with Crippen LogP contribution in [0.1, 0.15) is 21.5 Å². The summed E-state index contributed by atoms with van der Waals surface area (Å²) in [4.78, 5) is 12.8. The van der Waals surface area contributed by atoms with E-state index in [1.165, 1.54) is 12.1 Å². The third kappa shape index (κ3) is 3.84. The molecule has 0 heterocycles. The summed E-state index contributed by atoms with van der Waals surface area (Å²) >= 11 is 4.23. The van der Waals surface area contributed by atoms with E-state index in [9.17, 15) is 9.18 Å². The van der Waals surface area contributed by atoms with E-state index in [-0.39, 0.29) is 11.7 Å². The smallest absolute Gasteiger partial charge is 0.251 e. The summed E-state index contributed by atoms with van der Waals surface area (Å²) in [5.41, 5.74) is 2.40. The van der Waals surface area contributed by atoms with Gasteiger partial charge in [0.05, 0.1) is 0 Å². The highest BCUT2D eigenvalue weighted by Gasteiger charge is 2.08. The summed E-state index contributed by atoms with van der Waals surface area (Å²) in [5, 5.41) is 2.84. The molecule has 2 rings (SSSR count). The van der Waals surface area contributed by atoms with E-state index in [0.717, 1.165) is 16.0 Å². The van der Waals surface area contributed by atoms with Crippen LogP contribution in [0.15, 0.2) is 47.4 Å². The highest BCUT2D eigenvalue weighted by molar-refractivity contribution is 7.80. The first-order chi connectivity index (χ1) is 9.56. The van der Waals surface area contributed by atoms with E-state index < -0.39 is 0 Å². The monoisotopic (exact) mass is 289 g/mol. The predicted molar refractivity (Wildman–Crippen MR) is 80.9 cm³/mol. The van der Waals surface area contributed by atoms with Crippen molar-refractivity contribution in [2.24, 2.45) is 0 Å². The molecule has 0 aliphatic rings. The predicted octanol–water partition coefficient (Wildman–Crippen LogP) is 3.40. The number of benzene rings is 2. The fourth-order valence-corrected chi connectivity index (χ4v) is 2.17. The van der Waals surface area contributed by atoms with E-state index in [2.05, 4.69) is 17.9 Å². The molecule has 0 saturated carbocycles. The molecule has 20 heavy (non-hydrogen) atoms. The molecule has 0 bridgehead atoms. The summed E-state index contributed by atoms with van der Waals surface area (Å²) in [6.07, 6.45) is 0.600. The van der Waals surface area contributed by atoms with Crippen molar-refractivity contribution in [1.82, 2.24) is 5.32 Å². The van der Waals surface area contributed by atoms with Crippen molar-refractivity contribution in [2.45, 2.75) is 18.2 Å². The molecule has 1 amide bonds. The summed E-state index contributed by atoms with van der Waals surface area (Å²) in [5.74, 6) is -0.387. The lowest BCUT2D eigenvalue weighted by molar-refractivity contribution is 0.0953. The van der Waals surface area contributed by atoms with Crippen LogP contribution in [0.5, 0.6) is 0 Å². The first-order valence-electron chi connectivity index (χ1n) is 6.38. The molecule has 0 aliphatic heterocycles. The van der Waals surface area contributed by atoms with Crippen LogP contribution in [0.3, 0.4) is 0 Å². The molecule has 0 unspecified atom stereocenters. The van der Waals surface area contributed by atoms with Gasteiger partial charge in [0.25, 0.3) is 5.91 Å². The highest BCUT2D eigenvalue weighted by Crippen LogP contribution is 2.14. The topological polar surface area (TPSA) is 29.1 Å². The average Bonchev–Trinajstić information content (AvgIpc) is 2.41. The zero-order valence-electron chi connectivity index (χ0n) is 11.2. The summed E-state index contributed by atoms with van der Waals surface area (Å²) in [7, 11) is 0. The minimum absolute atomic E-state index is 0.130. The maximum absolute atomic E-state index is 13.0. The molecule has 104 valence electrons. The lowest BCUT2D eigenvalue weighted by Crippen LogP contribution is -2.26. The summed E-state index contributed by atoms with van der Waals surface area (Å²) < 4.78 is 13.0. The minimum Gasteiger partial charge on any atom is -0.352 e. The molecule has 0 aromatic heterocycles. The largest absolute Gasteiger partial charge is 0.352 e. The lowest BCUT2D eigenvalue weighted by atomic mass is 10.1. The number of carbonyl (C=O) groups is 1. The number of rotatable bonds is 4. The van der Waals surface area contributed by atoms with Gasteiger partial charge >= 0.3 is 0 Å². The first kappa shape index (κ1) is 14.6. The fraction of sp³-hybridized carbons (Fsp3) is 0.188. The Morgan fingerprint density at radius 1 is 1.25 bits per heavy atom. The second kappa shape index (κ2) is 6.57. The van der Waals surface area contributed by atoms with Crippen molar-refractivity contribution >= 4 is 18.5 Å². The SMILES string of the molecule is Cc1ccc(S)cc1C(=O)NCCc1cccc(F)c1. The zero-order chi connectivity index (χ0) is 14.5. The van der Waals surface area contributed by atoms with Gasteiger partial charge in [-0.15, -0.1) is 12.6 Å². The Hall–Kier alpha value is -1.81. The van der Waals surface area contributed by atoms with Crippen LogP contribution in [0, 0.1) is 12.7 Å². The minimum atomic E-state index is -0.257. The summed E-state index contributed by atoms with van der Waals surface area (Å²) in [6, 6.07) is 11.9. The molecule has 0 aliphatic carbocycles. The Bertz CT molecular complexity index is 628. The Morgan fingerprint density at radius 2 is 2.05 bits per heavy atom. The maximum atomic E-state index is 13.0. The van der Waals surface area contributed by atoms with Crippen LogP contribution in [-0.4, -0.2) is 12.5 Å². The zero-order valence-corrected chi connectivity index (χ0v) is 12.1. The molecule has 2 aromatic carbocycles. The van der Waals surface area contributed by atoms with E-state index in [1.807, 2.05) is 25.1 Å². The van der Waals surface area contributed by atoms with Crippen LogP contribution < -0.4 is 5.32 Å². The Labute approximate surface area is 123 Å². The molecular formula is C16H16FNOS. The van der Waals surface area contributed by atoms with Gasteiger partial charge in [0, 0.05) is 17.0 Å². The molecular weight excluding hydrogens is 273 g/mol. The molecule has 0 spiro atoms. The normalized spacial score (nSPS) is 10.3. The number of thiol groups is 1. The number of halogens is 1. The van der Waals surface area contributed by atoms with Gasteiger partial charge in [0.2, 0.25) is 0 Å². The number of amides is 1. The molecule has 1 N–H and O–H groups in total. The van der Waals surface area contributed by atoms with Gasteiger partial charge in [-0.25, -0.2) is 4.39 Å². The van der Waals surface area contributed by atoms with Crippen molar-refractivity contribution in [3.8, 4) is 0 Å². The van der Waals surface area contributed by atoms with Crippen LogP contribution in [0.2, 0.25) is 0 Å². The first-order valence-corrected chi connectivity index (χ1v) is 6.83. The van der Waals surface area contributed by atoms with Gasteiger partial charge in [-0.3, -0.25) is 4.79 Å². The maximum Gasteiger partial charge on any atom is 0.251 e. The van der Waals surface area contributed by atoms with Gasteiger partial charge in [-0.1, -0.05) is 18.2 Å². The third-order valence-corrected chi connectivity index (χ3v) is 3.33. The number of aryl methyl sites for hydroxylation is 1. The lowest BCUT2D eigenvalue weighted by Gasteiger charge is -2.08. The van der Waals surface area contributed by atoms with Crippen LogP contribution in [-0.2, 0) is 6.42 Å². The van der Waals surface area contributed by atoms with Gasteiger partial charge in [0.15, 0.2) is 0 Å². The van der Waals surface area contributed by atoms with Gasteiger partial charge in [0.1, 0.15) is 5.82 Å². The van der Waals surface area contributed by atoms with Crippen molar-refractivity contribution in [1.29, 1.82) is 0 Å². The van der Waals surface area contributed by atoms with Crippen molar-refractivity contribution in [3.05, 3.63) is 65.0 Å². The fourth-order valence-electron chi connectivity index (χ4n) is 1.96. The number of nitrogens with one attached hydrogen (secondary N) is 1. The second-order valence-electron chi connectivity index (χ2n) is 4.64. The van der Waals surface area contributed by atoms with Crippen LogP contribution >= 0.6 is 12.6 Å². The number of hydrogen-bond acceptors (Lipinski definition) is 2. The van der Waals surface area contributed by atoms with Gasteiger partial charge in [-0.05, 0) is 48.7 Å². The quantitative estimate of drug-likeness (QED) is 0.830. The van der Waals surface area contributed by atoms with Crippen molar-refractivity contribution < 1.29 is 9.18 Å². The molecule has 0 fully saturated rings. The standard InChI is InChI=1S/C16H16FNOS/c1-11-5-6-14(20)10-15(11)16(19)18-8-7-12-3-2-4-13(17)9-12/h2-6,9-10,20H,7-8H2,1H3,(H,18,19). The van der Waals surface area contributed by atoms with Gasteiger partial charge < -0.3 is 5.32 Å². The van der Waals surface area contributed by atoms with Crippen LogP contribution in [0.4, 0.5) is 4.39 Å². The molecule has 0 atom stereocenters. The second-order valence-corrected chi connectivity index (χ2v) is 5.15. The Morgan fingerprint density at radius 3 is 2.80 bits per heavy atom. The van der Waals surface area contributed by atoms with E-state index in [1.54, 1.807) is 12.1 Å². The molecule has 4 heteroatoms. The average molecular weight is 289 g/mol. The Balaban J connectivity index is 1.94. The number of carbonyl (C=O) groups excluding carboxylic acids is 1. The number of hydrogen-bond donors (Lipinski definition) is 2. The molecule has 2 nitrogen and oxygen atoms in total. The molecule has 0 radical (unpaired) electrons.